The van der Waals surface area contributed by atoms with Gasteiger partial charge in [0, 0.05) is 6.07 Å². The largest absolute Gasteiger partial charge is 0.491 e. The summed E-state index contributed by atoms with van der Waals surface area (Å²) in [6.45, 7) is 4.04. The molecule has 0 amide bonds. The lowest BCUT2D eigenvalue weighted by molar-refractivity contribution is -0.0122. The zero-order valence-electron chi connectivity index (χ0n) is 9.82. The lowest BCUT2D eigenvalue weighted by atomic mass is 10.3. The minimum absolute atomic E-state index is 0.00424. The van der Waals surface area contributed by atoms with Gasteiger partial charge in [-0.3, -0.25) is 0 Å². The van der Waals surface area contributed by atoms with Crippen LogP contribution in [0.15, 0.2) is 18.2 Å². The van der Waals surface area contributed by atoms with Crippen molar-refractivity contribution in [3.8, 4) is 5.75 Å². The molecule has 96 valence electrons. The van der Waals surface area contributed by atoms with Crippen LogP contribution in [0.1, 0.15) is 13.8 Å². The van der Waals surface area contributed by atoms with E-state index in [-0.39, 0.29) is 24.3 Å². The van der Waals surface area contributed by atoms with Crippen molar-refractivity contribution in [1.29, 1.82) is 0 Å². The Labute approximate surface area is 105 Å². The van der Waals surface area contributed by atoms with Gasteiger partial charge in [-0.1, -0.05) is 11.6 Å². The number of hydrogen-bond donors (Lipinski definition) is 1. The Balaban J connectivity index is 2.36. The van der Waals surface area contributed by atoms with Crippen LogP contribution in [-0.4, -0.2) is 30.5 Å². The first-order chi connectivity index (χ1) is 7.99. The summed E-state index contributed by atoms with van der Waals surface area (Å²) >= 11 is 5.59. The first kappa shape index (κ1) is 14.2. The van der Waals surface area contributed by atoms with Crippen LogP contribution in [0.25, 0.3) is 0 Å². The number of rotatable bonds is 6. The number of aliphatic hydroxyl groups excluding tert-OH is 1. The van der Waals surface area contributed by atoms with E-state index in [9.17, 15) is 9.50 Å². The molecule has 1 aromatic carbocycles. The van der Waals surface area contributed by atoms with E-state index < -0.39 is 11.9 Å². The Hall–Kier alpha value is -0.840. The van der Waals surface area contributed by atoms with Gasteiger partial charge in [-0.15, -0.1) is 0 Å². The summed E-state index contributed by atoms with van der Waals surface area (Å²) in [4.78, 5) is 0. The highest BCUT2D eigenvalue weighted by molar-refractivity contribution is 6.30. The summed E-state index contributed by atoms with van der Waals surface area (Å²) in [6, 6.07) is 4.04. The molecule has 0 fully saturated rings. The number of hydrogen-bond acceptors (Lipinski definition) is 3. The van der Waals surface area contributed by atoms with Crippen molar-refractivity contribution in [2.75, 3.05) is 13.2 Å². The van der Waals surface area contributed by atoms with Crippen LogP contribution in [0, 0.1) is 5.82 Å². The molecule has 1 aromatic rings. The number of benzene rings is 1. The lowest BCUT2D eigenvalue weighted by Crippen LogP contribution is -2.25. The van der Waals surface area contributed by atoms with E-state index in [0.29, 0.717) is 5.75 Å². The molecule has 0 radical (unpaired) electrons. The van der Waals surface area contributed by atoms with Crippen LogP contribution in [0.2, 0.25) is 5.02 Å². The summed E-state index contributed by atoms with van der Waals surface area (Å²) in [5.74, 6) is -0.0808. The molecule has 0 aliphatic carbocycles. The van der Waals surface area contributed by atoms with Crippen molar-refractivity contribution in [3.05, 3.63) is 29.0 Å². The van der Waals surface area contributed by atoms with E-state index in [4.69, 9.17) is 21.1 Å². The zero-order valence-corrected chi connectivity index (χ0v) is 10.6. The van der Waals surface area contributed by atoms with Crippen molar-refractivity contribution in [1.82, 2.24) is 0 Å². The van der Waals surface area contributed by atoms with Gasteiger partial charge in [0.05, 0.1) is 17.7 Å². The van der Waals surface area contributed by atoms with Gasteiger partial charge in [-0.2, -0.15) is 0 Å². The van der Waals surface area contributed by atoms with Crippen LogP contribution in [0.4, 0.5) is 4.39 Å². The second-order valence-corrected chi connectivity index (χ2v) is 4.33. The summed E-state index contributed by atoms with van der Waals surface area (Å²) in [7, 11) is 0. The predicted octanol–water partition coefficient (Wildman–Crippen LogP) is 2.64. The molecule has 5 heteroatoms. The van der Waals surface area contributed by atoms with Crippen LogP contribution < -0.4 is 4.74 Å². The summed E-state index contributed by atoms with van der Waals surface area (Å²) < 4.78 is 23.3. The minimum Gasteiger partial charge on any atom is -0.491 e. The van der Waals surface area contributed by atoms with E-state index in [1.54, 1.807) is 0 Å². The smallest absolute Gasteiger partial charge is 0.142 e. The summed E-state index contributed by atoms with van der Waals surface area (Å²) in [6.07, 6.45) is -0.661. The van der Waals surface area contributed by atoms with Crippen LogP contribution in [-0.2, 0) is 4.74 Å². The molecular weight excluding hydrogens is 247 g/mol. The fourth-order valence-electron chi connectivity index (χ4n) is 1.11. The van der Waals surface area contributed by atoms with Gasteiger partial charge >= 0.3 is 0 Å². The van der Waals surface area contributed by atoms with Crippen molar-refractivity contribution < 1.29 is 19.0 Å². The predicted molar refractivity (Wildman–Crippen MR) is 64.0 cm³/mol. The maximum atomic E-state index is 12.9. The third-order valence-electron chi connectivity index (χ3n) is 1.96. The Kier molecular flexibility index (Phi) is 5.68. The quantitative estimate of drug-likeness (QED) is 0.857. The molecule has 1 atom stereocenters. The van der Waals surface area contributed by atoms with Crippen LogP contribution >= 0.6 is 11.6 Å². The summed E-state index contributed by atoms with van der Waals surface area (Å²) in [5.41, 5.74) is 0. The van der Waals surface area contributed by atoms with Gasteiger partial charge in [0.15, 0.2) is 0 Å². The second-order valence-electron chi connectivity index (χ2n) is 3.92. The Morgan fingerprint density at radius 3 is 2.65 bits per heavy atom. The first-order valence-electron chi connectivity index (χ1n) is 5.36. The topological polar surface area (TPSA) is 38.7 Å². The van der Waals surface area contributed by atoms with Crippen molar-refractivity contribution in [3.63, 3.8) is 0 Å². The number of halogens is 2. The van der Waals surface area contributed by atoms with E-state index in [0.717, 1.165) is 0 Å². The molecule has 0 saturated carbocycles. The molecule has 0 aliphatic rings. The normalized spacial score (nSPS) is 12.8. The fraction of sp³-hybridized carbons (Fsp3) is 0.500. The molecule has 0 heterocycles. The average molecular weight is 263 g/mol. The maximum absolute atomic E-state index is 12.9. The van der Waals surface area contributed by atoms with Crippen molar-refractivity contribution in [2.24, 2.45) is 0 Å². The standard InChI is InChI=1S/C12H16ClFO3/c1-8(2)16-6-9(15)7-17-10-3-4-12(14)11(13)5-10/h3-5,8-9,15H,6-7H2,1-2H3. The Bertz CT molecular complexity index is 358. The molecular formula is C12H16ClFO3. The van der Waals surface area contributed by atoms with Crippen molar-refractivity contribution >= 4 is 11.6 Å². The lowest BCUT2D eigenvalue weighted by Gasteiger charge is -2.14. The molecule has 3 nitrogen and oxygen atoms in total. The number of aliphatic hydroxyl groups is 1. The van der Waals surface area contributed by atoms with Crippen molar-refractivity contribution in [2.45, 2.75) is 26.1 Å². The number of ether oxygens (including phenoxy) is 2. The van der Waals surface area contributed by atoms with Crippen LogP contribution in [0.3, 0.4) is 0 Å². The molecule has 0 bridgehead atoms. The van der Waals surface area contributed by atoms with Gasteiger partial charge in [-0.05, 0) is 26.0 Å². The molecule has 1 unspecified atom stereocenters. The van der Waals surface area contributed by atoms with Crippen LogP contribution in [0.5, 0.6) is 5.75 Å². The van der Waals surface area contributed by atoms with Gasteiger partial charge in [0.25, 0.3) is 0 Å². The third kappa shape index (κ3) is 5.35. The highest BCUT2D eigenvalue weighted by Crippen LogP contribution is 2.21. The van der Waals surface area contributed by atoms with E-state index in [1.165, 1.54) is 18.2 Å². The molecule has 0 saturated heterocycles. The molecule has 0 aromatic heterocycles. The zero-order chi connectivity index (χ0) is 12.8. The van der Waals surface area contributed by atoms with Gasteiger partial charge in [0.2, 0.25) is 0 Å². The second kappa shape index (κ2) is 6.79. The molecule has 1 N–H and O–H groups in total. The Morgan fingerprint density at radius 2 is 2.06 bits per heavy atom. The maximum Gasteiger partial charge on any atom is 0.142 e. The van der Waals surface area contributed by atoms with Gasteiger partial charge in [0.1, 0.15) is 24.3 Å². The van der Waals surface area contributed by atoms with E-state index >= 15 is 0 Å². The molecule has 17 heavy (non-hydrogen) atoms. The third-order valence-corrected chi connectivity index (χ3v) is 2.25. The first-order valence-corrected chi connectivity index (χ1v) is 5.74. The fourth-order valence-corrected chi connectivity index (χ4v) is 1.28. The van der Waals surface area contributed by atoms with E-state index in [2.05, 4.69) is 0 Å². The van der Waals surface area contributed by atoms with Gasteiger partial charge in [-0.25, -0.2) is 4.39 Å². The minimum atomic E-state index is -0.721. The van der Waals surface area contributed by atoms with Gasteiger partial charge < -0.3 is 14.6 Å². The van der Waals surface area contributed by atoms with E-state index in [1.807, 2.05) is 13.8 Å². The molecule has 1 rings (SSSR count). The molecule has 0 spiro atoms. The Morgan fingerprint density at radius 1 is 1.35 bits per heavy atom. The SMILES string of the molecule is CC(C)OCC(O)COc1ccc(F)c(Cl)c1. The monoisotopic (exact) mass is 262 g/mol. The summed E-state index contributed by atoms with van der Waals surface area (Å²) in [5, 5.41) is 9.52. The molecule has 0 aliphatic heterocycles. The highest BCUT2D eigenvalue weighted by atomic mass is 35.5. The highest BCUT2D eigenvalue weighted by Gasteiger charge is 2.08. The average Bonchev–Trinajstić information content (AvgIpc) is 2.28.